The number of ether oxygens (including phenoxy) is 1. The third-order valence-corrected chi connectivity index (χ3v) is 1.50. The van der Waals surface area contributed by atoms with Crippen LogP contribution in [0.1, 0.15) is 0 Å². The van der Waals surface area contributed by atoms with Crippen molar-refractivity contribution in [3.63, 3.8) is 0 Å². The van der Waals surface area contributed by atoms with Gasteiger partial charge in [-0.2, -0.15) is 0 Å². The fourth-order valence-electron chi connectivity index (χ4n) is 0.604. The zero-order valence-electron chi connectivity index (χ0n) is 5.79. The molecule has 10 heavy (non-hydrogen) atoms. The van der Waals surface area contributed by atoms with Crippen LogP contribution in [0, 0.1) is 0 Å². The summed E-state index contributed by atoms with van der Waals surface area (Å²) in [4.78, 5) is 0. The van der Waals surface area contributed by atoms with Crippen LogP contribution < -0.4 is 10.0 Å². The molecule has 2 N–H and O–H groups in total. The molecule has 0 spiro atoms. The van der Waals surface area contributed by atoms with Gasteiger partial charge < -0.3 is 10.2 Å². The van der Waals surface area contributed by atoms with Crippen molar-refractivity contribution in [2.24, 2.45) is 0 Å². The van der Waals surface area contributed by atoms with E-state index in [1.54, 1.807) is 7.11 Å². The van der Waals surface area contributed by atoms with Gasteiger partial charge in [0.2, 0.25) is 0 Å². The Bertz CT molecular complexity index is 183. The third-order valence-electron chi connectivity index (χ3n) is 1.12. The summed E-state index contributed by atoms with van der Waals surface area (Å²) >= 11 is 0. The van der Waals surface area contributed by atoms with E-state index in [-0.39, 0.29) is 5.48 Å². The molecule has 0 heterocycles. The van der Waals surface area contributed by atoms with Gasteiger partial charge in [-0.15, -0.1) is 9.24 Å². The maximum absolute atomic E-state index is 4.96. The van der Waals surface area contributed by atoms with Crippen molar-refractivity contribution in [2.75, 3.05) is 7.11 Å². The third kappa shape index (κ3) is 2.34. The number of rotatable bonds is 1. The summed E-state index contributed by atoms with van der Waals surface area (Å²) < 4.78 is 4.96. The molecule has 0 aliphatic heterocycles. The molecule has 3 heteroatoms. The average molecular weight is 158 g/mol. The van der Waals surface area contributed by atoms with Crippen molar-refractivity contribution in [3.05, 3.63) is 24.3 Å². The van der Waals surface area contributed by atoms with E-state index in [2.05, 4.69) is 9.24 Å². The van der Waals surface area contributed by atoms with Gasteiger partial charge in [0, 0.05) is 0 Å². The molecule has 0 radical (unpaired) electrons. The molecule has 1 aromatic rings. The van der Waals surface area contributed by atoms with E-state index >= 15 is 0 Å². The van der Waals surface area contributed by atoms with E-state index in [0.717, 1.165) is 5.75 Å². The Morgan fingerprint density at radius 2 is 1.70 bits per heavy atom. The van der Waals surface area contributed by atoms with Crippen LogP contribution in [-0.2, 0) is 0 Å². The largest absolute Gasteiger partial charge is 0.497 e. The minimum Gasteiger partial charge on any atom is -0.497 e. The number of hydrogen-bond donors (Lipinski definition) is 0. The molecule has 0 saturated heterocycles. The topological polar surface area (TPSA) is 40.7 Å². The normalized spacial score (nSPS) is 8.20. The van der Waals surface area contributed by atoms with Gasteiger partial charge in [0.15, 0.2) is 0 Å². The van der Waals surface area contributed by atoms with Crippen molar-refractivity contribution in [3.8, 4) is 5.75 Å². The zero-order valence-corrected chi connectivity index (χ0v) is 6.95. The van der Waals surface area contributed by atoms with Crippen molar-refractivity contribution >= 4 is 14.5 Å². The first-order valence-corrected chi connectivity index (χ1v) is 3.30. The molecular formula is C7H11O2P. The predicted octanol–water partition coefficient (Wildman–Crippen LogP) is 0.371. The molecule has 0 aliphatic rings. The summed E-state index contributed by atoms with van der Waals surface area (Å²) in [6.45, 7) is 0. The highest BCUT2D eigenvalue weighted by Gasteiger charge is 1.85. The zero-order chi connectivity index (χ0) is 6.69. The summed E-state index contributed by atoms with van der Waals surface area (Å²) in [7, 11) is 4.28. The van der Waals surface area contributed by atoms with Crippen molar-refractivity contribution < 1.29 is 10.2 Å². The monoisotopic (exact) mass is 158 g/mol. The summed E-state index contributed by atoms with van der Waals surface area (Å²) in [5, 5.41) is 1.18. The summed E-state index contributed by atoms with van der Waals surface area (Å²) in [6, 6.07) is 7.84. The van der Waals surface area contributed by atoms with Crippen LogP contribution in [0.15, 0.2) is 24.3 Å². The van der Waals surface area contributed by atoms with Crippen LogP contribution in [0.3, 0.4) is 0 Å². The fraction of sp³-hybridized carbons (Fsp3) is 0.143. The van der Waals surface area contributed by atoms with Gasteiger partial charge in [-0.3, -0.25) is 0 Å². The molecule has 0 bridgehead atoms. The van der Waals surface area contributed by atoms with E-state index in [1.807, 2.05) is 24.3 Å². The Labute approximate surface area is 62.7 Å². The highest BCUT2D eigenvalue weighted by molar-refractivity contribution is 7.27. The van der Waals surface area contributed by atoms with Crippen molar-refractivity contribution in [1.82, 2.24) is 0 Å². The van der Waals surface area contributed by atoms with Crippen molar-refractivity contribution in [2.45, 2.75) is 0 Å². The van der Waals surface area contributed by atoms with E-state index in [0.29, 0.717) is 0 Å². The Morgan fingerprint density at radius 1 is 1.20 bits per heavy atom. The summed E-state index contributed by atoms with van der Waals surface area (Å²) in [5.74, 6) is 0.904. The lowest BCUT2D eigenvalue weighted by Crippen LogP contribution is -1.88. The number of benzene rings is 1. The van der Waals surface area contributed by atoms with E-state index < -0.39 is 0 Å². The molecule has 56 valence electrons. The molecule has 1 atom stereocenters. The second-order valence-corrected chi connectivity index (χ2v) is 2.44. The Balaban J connectivity index is 0.000000810. The first-order chi connectivity index (χ1) is 4.33. The van der Waals surface area contributed by atoms with Gasteiger partial charge in [0.05, 0.1) is 7.11 Å². The minimum atomic E-state index is 0. The highest BCUT2D eigenvalue weighted by atomic mass is 31.0. The molecule has 2 nitrogen and oxygen atoms in total. The molecule has 1 unspecified atom stereocenters. The van der Waals surface area contributed by atoms with Crippen LogP contribution in [-0.4, -0.2) is 12.6 Å². The first-order valence-electron chi connectivity index (χ1n) is 2.72. The molecule has 1 rings (SSSR count). The van der Waals surface area contributed by atoms with Crippen LogP contribution in [0.2, 0.25) is 0 Å². The molecule has 0 aliphatic carbocycles. The second kappa shape index (κ2) is 4.26. The lowest BCUT2D eigenvalue weighted by Gasteiger charge is -1.96. The number of hydrogen-bond acceptors (Lipinski definition) is 1. The lowest BCUT2D eigenvalue weighted by atomic mass is 10.3. The SMILES string of the molecule is COc1ccc(P)cc1.O. The van der Waals surface area contributed by atoms with Crippen LogP contribution in [0.5, 0.6) is 5.75 Å². The minimum absolute atomic E-state index is 0. The molecule has 0 saturated carbocycles. The molecule has 0 aromatic heterocycles. The highest BCUT2D eigenvalue weighted by Crippen LogP contribution is 2.06. The summed E-state index contributed by atoms with van der Waals surface area (Å²) in [5.41, 5.74) is 0. The van der Waals surface area contributed by atoms with E-state index in [9.17, 15) is 0 Å². The average Bonchev–Trinajstić information content (AvgIpc) is 1.90. The second-order valence-electron chi connectivity index (χ2n) is 1.77. The predicted molar refractivity (Wildman–Crippen MR) is 46.0 cm³/mol. The first kappa shape index (κ1) is 9.41. The molecule has 1 aromatic carbocycles. The molecule has 0 fully saturated rings. The summed E-state index contributed by atoms with van der Waals surface area (Å²) in [6.07, 6.45) is 0. The molecular weight excluding hydrogens is 147 g/mol. The van der Waals surface area contributed by atoms with E-state index in [1.165, 1.54) is 5.30 Å². The van der Waals surface area contributed by atoms with Crippen LogP contribution in [0.4, 0.5) is 0 Å². The quantitative estimate of drug-likeness (QED) is 0.544. The van der Waals surface area contributed by atoms with Gasteiger partial charge in [-0.25, -0.2) is 0 Å². The Hall–Kier alpha value is -0.590. The maximum atomic E-state index is 4.96. The van der Waals surface area contributed by atoms with E-state index in [4.69, 9.17) is 4.74 Å². The number of methoxy groups -OCH3 is 1. The van der Waals surface area contributed by atoms with Gasteiger partial charge in [-0.1, -0.05) is 12.1 Å². The standard InChI is InChI=1S/C7H9OP.H2O/c1-8-6-2-4-7(9)5-3-6;/h2-5H,9H2,1H3;1H2. The van der Waals surface area contributed by atoms with Crippen LogP contribution in [0.25, 0.3) is 0 Å². The van der Waals surface area contributed by atoms with Gasteiger partial charge >= 0.3 is 0 Å². The Morgan fingerprint density at radius 3 is 2.10 bits per heavy atom. The lowest BCUT2D eigenvalue weighted by molar-refractivity contribution is 0.415. The van der Waals surface area contributed by atoms with Gasteiger partial charge in [0.25, 0.3) is 0 Å². The fourth-order valence-corrected chi connectivity index (χ4v) is 0.796. The maximum Gasteiger partial charge on any atom is 0.118 e. The van der Waals surface area contributed by atoms with Crippen molar-refractivity contribution in [1.29, 1.82) is 0 Å². The smallest absolute Gasteiger partial charge is 0.118 e. The Kier molecular flexibility index (Phi) is 4.01. The van der Waals surface area contributed by atoms with Crippen LogP contribution >= 0.6 is 9.24 Å². The molecule has 0 amide bonds. The van der Waals surface area contributed by atoms with Gasteiger partial charge in [0.1, 0.15) is 5.75 Å². The van der Waals surface area contributed by atoms with Gasteiger partial charge in [-0.05, 0) is 17.4 Å².